The second kappa shape index (κ2) is 11.4. The van der Waals surface area contributed by atoms with Crippen molar-refractivity contribution in [1.82, 2.24) is 0 Å². The van der Waals surface area contributed by atoms with Crippen LogP contribution >= 0.6 is 0 Å². The van der Waals surface area contributed by atoms with Gasteiger partial charge in [0.1, 0.15) is 17.6 Å². The minimum atomic E-state index is -3.59. The first-order valence-electron chi connectivity index (χ1n) is 11.8. The van der Waals surface area contributed by atoms with Crippen molar-refractivity contribution < 1.29 is 17.9 Å². The van der Waals surface area contributed by atoms with E-state index in [9.17, 15) is 13.2 Å². The highest BCUT2D eigenvalue weighted by molar-refractivity contribution is 5.37. The Kier molecular flexibility index (Phi) is 8.61. The van der Waals surface area contributed by atoms with Crippen LogP contribution in [0.25, 0.3) is 0 Å². The number of nitriles is 1. The predicted molar refractivity (Wildman–Crippen MR) is 120 cm³/mol. The van der Waals surface area contributed by atoms with Crippen LogP contribution in [0.2, 0.25) is 0 Å². The summed E-state index contributed by atoms with van der Waals surface area (Å²) in [5.74, 6) is 0.420. The van der Waals surface area contributed by atoms with Gasteiger partial charge in [-0.3, -0.25) is 0 Å². The third-order valence-corrected chi connectivity index (χ3v) is 6.62. The number of hydrogen-bond acceptors (Lipinski definition) is 2. The molecule has 0 atom stereocenters. The number of alkyl halides is 2. The summed E-state index contributed by atoms with van der Waals surface area (Å²) in [6.45, 7) is 2.24. The van der Waals surface area contributed by atoms with E-state index in [-0.39, 0.29) is 16.9 Å². The van der Waals surface area contributed by atoms with E-state index in [1.165, 1.54) is 69.6 Å². The molecule has 0 heterocycles. The van der Waals surface area contributed by atoms with E-state index in [2.05, 4.69) is 6.92 Å². The Morgan fingerprint density at radius 1 is 0.969 bits per heavy atom. The quantitative estimate of drug-likeness (QED) is 0.347. The Morgan fingerprint density at radius 3 is 2.22 bits per heavy atom. The first-order valence-corrected chi connectivity index (χ1v) is 11.8. The van der Waals surface area contributed by atoms with Crippen LogP contribution in [0.4, 0.5) is 13.2 Å². The molecule has 1 fully saturated rings. The van der Waals surface area contributed by atoms with E-state index >= 15 is 0 Å². The SMILES string of the molecule is CCCCCC1CCC(CCc2ccc(C(F)(F)Oc3ccc(C#N)c(F)c3)cc2)CC1. The molecule has 32 heavy (non-hydrogen) atoms. The number of rotatable bonds is 10. The molecule has 172 valence electrons. The Hall–Kier alpha value is -2.48. The van der Waals surface area contributed by atoms with Crippen molar-refractivity contribution in [2.24, 2.45) is 11.8 Å². The maximum Gasteiger partial charge on any atom is 0.426 e. The van der Waals surface area contributed by atoms with Gasteiger partial charge >= 0.3 is 6.11 Å². The average Bonchev–Trinajstić information content (AvgIpc) is 2.79. The summed E-state index contributed by atoms with van der Waals surface area (Å²) in [6, 6.07) is 11.0. The molecular weight excluding hydrogens is 411 g/mol. The number of benzene rings is 2. The van der Waals surface area contributed by atoms with Crippen LogP contribution < -0.4 is 4.74 Å². The molecule has 5 heteroatoms. The molecule has 0 spiro atoms. The lowest BCUT2D eigenvalue weighted by Crippen LogP contribution is -2.22. The van der Waals surface area contributed by atoms with Gasteiger partial charge in [0.15, 0.2) is 0 Å². The minimum absolute atomic E-state index is 0.213. The third-order valence-electron chi connectivity index (χ3n) is 6.62. The molecule has 0 aromatic heterocycles. The van der Waals surface area contributed by atoms with Gasteiger partial charge in [0.2, 0.25) is 0 Å². The summed E-state index contributed by atoms with van der Waals surface area (Å²) in [5, 5.41) is 8.75. The van der Waals surface area contributed by atoms with E-state index in [4.69, 9.17) is 10.00 Å². The molecule has 1 aliphatic carbocycles. The maximum atomic E-state index is 14.5. The molecule has 0 amide bonds. The zero-order chi connectivity index (χ0) is 23.0. The highest BCUT2D eigenvalue weighted by Crippen LogP contribution is 2.35. The molecule has 0 unspecified atom stereocenters. The number of hydrogen-bond donors (Lipinski definition) is 0. The topological polar surface area (TPSA) is 33.0 Å². The van der Waals surface area contributed by atoms with Gasteiger partial charge in [-0.15, -0.1) is 0 Å². The largest absolute Gasteiger partial charge is 0.429 e. The van der Waals surface area contributed by atoms with Crippen LogP contribution in [0, 0.1) is 29.0 Å². The normalized spacial score (nSPS) is 18.8. The van der Waals surface area contributed by atoms with Crippen molar-refractivity contribution in [2.75, 3.05) is 0 Å². The van der Waals surface area contributed by atoms with Crippen molar-refractivity contribution in [3.05, 3.63) is 65.0 Å². The highest BCUT2D eigenvalue weighted by atomic mass is 19.3. The molecule has 2 nitrogen and oxygen atoms in total. The van der Waals surface area contributed by atoms with Crippen molar-refractivity contribution in [1.29, 1.82) is 5.26 Å². The van der Waals surface area contributed by atoms with E-state index in [0.29, 0.717) is 0 Å². The lowest BCUT2D eigenvalue weighted by molar-refractivity contribution is -0.185. The van der Waals surface area contributed by atoms with Gasteiger partial charge in [-0.1, -0.05) is 70.4 Å². The summed E-state index contributed by atoms with van der Waals surface area (Å²) in [6.07, 6.45) is 8.95. The lowest BCUT2D eigenvalue weighted by Gasteiger charge is -2.28. The summed E-state index contributed by atoms with van der Waals surface area (Å²) in [5.41, 5.74) is 0.549. The summed E-state index contributed by atoms with van der Waals surface area (Å²) in [7, 11) is 0. The monoisotopic (exact) mass is 443 g/mol. The van der Waals surface area contributed by atoms with Crippen LogP contribution in [0.5, 0.6) is 5.75 Å². The molecule has 0 N–H and O–H groups in total. The van der Waals surface area contributed by atoms with E-state index in [0.717, 1.165) is 42.4 Å². The van der Waals surface area contributed by atoms with Crippen LogP contribution in [0.1, 0.15) is 81.4 Å². The second-order valence-corrected chi connectivity index (χ2v) is 8.99. The van der Waals surface area contributed by atoms with Crippen molar-refractivity contribution >= 4 is 0 Å². The van der Waals surface area contributed by atoms with Crippen LogP contribution in [0.3, 0.4) is 0 Å². The minimum Gasteiger partial charge on any atom is -0.429 e. The van der Waals surface area contributed by atoms with E-state index in [1.54, 1.807) is 18.2 Å². The second-order valence-electron chi connectivity index (χ2n) is 8.99. The maximum absolute atomic E-state index is 14.5. The number of nitrogens with zero attached hydrogens (tertiary/aromatic N) is 1. The molecule has 3 rings (SSSR count). The summed E-state index contributed by atoms with van der Waals surface area (Å²) in [4.78, 5) is 0. The van der Waals surface area contributed by atoms with Crippen LogP contribution in [-0.4, -0.2) is 0 Å². The van der Waals surface area contributed by atoms with Crippen molar-refractivity contribution in [3.8, 4) is 11.8 Å². The van der Waals surface area contributed by atoms with Gasteiger partial charge in [-0.25, -0.2) is 4.39 Å². The van der Waals surface area contributed by atoms with Crippen LogP contribution in [0.15, 0.2) is 42.5 Å². The standard InChI is InChI=1S/C27H32F3NO/c1-2-3-4-5-20-6-8-21(9-7-20)10-11-22-12-15-24(16-13-22)27(29,30)32-25-17-14-23(19-31)26(28)18-25/h12-18,20-21H,2-11H2,1H3. The Labute approximate surface area is 189 Å². The fourth-order valence-electron chi connectivity index (χ4n) is 4.59. The molecule has 1 saturated carbocycles. The fourth-order valence-corrected chi connectivity index (χ4v) is 4.59. The van der Waals surface area contributed by atoms with Gasteiger partial charge in [0.05, 0.1) is 11.1 Å². The average molecular weight is 444 g/mol. The molecule has 0 aliphatic heterocycles. The number of aryl methyl sites for hydroxylation is 1. The molecule has 2 aromatic carbocycles. The molecule has 2 aromatic rings. The van der Waals surface area contributed by atoms with E-state index in [1.807, 2.05) is 0 Å². The number of unbranched alkanes of at least 4 members (excludes halogenated alkanes) is 2. The number of halogens is 3. The van der Waals surface area contributed by atoms with E-state index < -0.39 is 11.9 Å². The summed E-state index contributed by atoms with van der Waals surface area (Å²) >= 11 is 0. The highest BCUT2D eigenvalue weighted by Gasteiger charge is 2.34. The van der Waals surface area contributed by atoms with Crippen LogP contribution in [-0.2, 0) is 12.5 Å². The smallest absolute Gasteiger partial charge is 0.426 e. The third kappa shape index (κ3) is 6.76. The van der Waals surface area contributed by atoms with Crippen molar-refractivity contribution in [3.63, 3.8) is 0 Å². The van der Waals surface area contributed by atoms with Gasteiger partial charge in [0.25, 0.3) is 0 Å². The Bertz CT molecular complexity index is 896. The predicted octanol–water partition coefficient (Wildman–Crippen LogP) is 8.14. The fraction of sp³-hybridized carbons (Fsp3) is 0.519. The molecular formula is C27H32F3NO. The Morgan fingerprint density at radius 2 is 1.62 bits per heavy atom. The summed E-state index contributed by atoms with van der Waals surface area (Å²) < 4.78 is 47.4. The van der Waals surface area contributed by atoms with Gasteiger partial charge in [-0.05, 0) is 54.5 Å². The Balaban J connectivity index is 1.48. The van der Waals surface area contributed by atoms with Gasteiger partial charge < -0.3 is 4.74 Å². The molecule has 0 radical (unpaired) electrons. The first kappa shape index (κ1) is 24.2. The zero-order valence-corrected chi connectivity index (χ0v) is 18.8. The zero-order valence-electron chi connectivity index (χ0n) is 18.8. The first-order chi connectivity index (χ1) is 15.4. The van der Waals surface area contributed by atoms with Crippen molar-refractivity contribution in [2.45, 2.75) is 77.2 Å². The molecule has 1 aliphatic rings. The molecule has 0 bridgehead atoms. The number of ether oxygens (including phenoxy) is 1. The lowest BCUT2D eigenvalue weighted by atomic mass is 9.78. The van der Waals surface area contributed by atoms with Gasteiger partial charge in [0, 0.05) is 6.07 Å². The molecule has 0 saturated heterocycles. The van der Waals surface area contributed by atoms with Gasteiger partial charge in [-0.2, -0.15) is 14.0 Å².